The van der Waals surface area contributed by atoms with Crippen LogP contribution in [0.15, 0.2) is 0 Å². The molecule has 0 radical (unpaired) electrons. The fourth-order valence-electron chi connectivity index (χ4n) is 1.03. The minimum Gasteiger partial charge on any atom is -0.469 e. The van der Waals surface area contributed by atoms with E-state index in [2.05, 4.69) is 4.74 Å². The first kappa shape index (κ1) is 12.8. The number of aliphatic hydroxyl groups excluding tert-OH is 1. The van der Waals surface area contributed by atoms with Crippen LogP contribution in [-0.4, -0.2) is 36.3 Å². The lowest BCUT2D eigenvalue weighted by molar-refractivity contribution is -0.148. The normalized spacial score (nSPS) is 15.1. The summed E-state index contributed by atoms with van der Waals surface area (Å²) >= 11 is 1.74. The van der Waals surface area contributed by atoms with Crippen molar-refractivity contribution in [3.05, 3.63) is 0 Å². The predicted molar refractivity (Wildman–Crippen MR) is 54.8 cm³/mol. The molecule has 0 rings (SSSR count). The molecule has 0 heterocycles. The van der Waals surface area contributed by atoms with Crippen molar-refractivity contribution < 1.29 is 14.6 Å². The molecule has 0 bridgehead atoms. The Labute approximate surface area is 83.9 Å². The Kier molecular flexibility index (Phi) is 7.09. The standard InChI is InChI=1S/C9H18O3S/c1-7(9(11)12-2)8(10)5-4-6-13-3/h7-8,10H,4-6H2,1-3H3. The van der Waals surface area contributed by atoms with Crippen LogP contribution in [0.4, 0.5) is 0 Å². The monoisotopic (exact) mass is 206 g/mol. The summed E-state index contributed by atoms with van der Waals surface area (Å²) in [5, 5.41) is 9.54. The van der Waals surface area contributed by atoms with Crippen LogP contribution in [-0.2, 0) is 9.53 Å². The van der Waals surface area contributed by atoms with Crippen LogP contribution in [0, 0.1) is 5.92 Å². The molecule has 0 spiro atoms. The Morgan fingerprint density at radius 2 is 2.23 bits per heavy atom. The average molecular weight is 206 g/mol. The molecule has 0 aromatic rings. The number of rotatable bonds is 6. The van der Waals surface area contributed by atoms with E-state index >= 15 is 0 Å². The highest BCUT2D eigenvalue weighted by molar-refractivity contribution is 7.98. The summed E-state index contributed by atoms with van der Waals surface area (Å²) in [6.45, 7) is 1.69. The van der Waals surface area contributed by atoms with Crippen molar-refractivity contribution in [3.8, 4) is 0 Å². The molecule has 2 atom stereocenters. The third-order valence-corrected chi connectivity index (χ3v) is 2.70. The number of carbonyl (C=O) groups is 1. The molecule has 3 nitrogen and oxygen atoms in total. The Balaban J connectivity index is 3.68. The Morgan fingerprint density at radius 3 is 2.69 bits per heavy atom. The molecule has 0 aliphatic carbocycles. The van der Waals surface area contributed by atoms with Crippen LogP contribution in [0.3, 0.4) is 0 Å². The lowest BCUT2D eigenvalue weighted by Gasteiger charge is -2.15. The van der Waals surface area contributed by atoms with Gasteiger partial charge in [0.15, 0.2) is 0 Å². The van der Waals surface area contributed by atoms with Crippen LogP contribution in [0.25, 0.3) is 0 Å². The molecule has 78 valence electrons. The SMILES string of the molecule is COC(=O)C(C)C(O)CCCSC. The van der Waals surface area contributed by atoms with Crippen molar-refractivity contribution in [2.24, 2.45) is 5.92 Å². The molecule has 2 unspecified atom stereocenters. The molecule has 13 heavy (non-hydrogen) atoms. The smallest absolute Gasteiger partial charge is 0.311 e. The molecule has 0 saturated carbocycles. The number of aliphatic hydroxyl groups is 1. The van der Waals surface area contributed by atoms with Gasteiger partial charge in [-0.25, -0.2) is 0 Å². The molecule has 0 aromatic heterocycles. The van der Waals surface area contributed by atoms with Crippen LogP contribution < -0.4 is 0 Å². The second-order valence-electron chi connectivity index (χ2n) is 3.01. The van der Waals surface area contributed by atoms with Gasteiger partial charge in [0, 0.05) is 0 Å². The molecular weight excluding hydrogens is 188 g/mol. The van der Waals surface area contributed by atoms with Crippen LogP contribution in [0.5, 0.6) is 0 Å². The quantitative estimate of drug-likeness (QED) is 0.525. The van der Waals surface area contributed by atoms with E-state index in [0.29, 0.717) is 6.42 Å². The lowest BCUT2D eigenvalue weighted by Crippen LogP contribution is -2.26. The van der Waals surface area contributed by atoms with Gasteiger partial charge in [-0.1, -0.05) is 0 Å². The highest BCUT2D eigenvalue weighted by atomic mass is 32.2. The largest absolute Gasteiger partial charge is 0.469 e. The number of thioether (sulfide) groups is 1. The van der Waals surface area contributed by atoms with Gasteiger partial charge in [0.05, 0.1) is 19.1 Å². The number of hydrogen-bond acceptors (Lipinski definition) is 4. The first-order valence-corrected chi connectivity index (χ1v) is 5.77. The molecule has 0 amide bonds. The third kappa shape index (κ3) is 5.16. The van der Waals surface area contributed by atoms with Gasteiger partial charge in [0.2, 0.25) is 0 Å². The maximum Gasteiger partial charge on any atom is 0.311 e. The number of methoxy groups -OCH3 is 1. The maximum absolute atomic E-state index is 11.0. The molecular formula is C9H18O3S. The predicted octanol–water partition coefficient (Wildman–Crippen LogP) is 1.30. The summed E-state index contributed by atoms with van der Waals surface area (Å²) in [6.07, 6.45) is 3.05. The van der Waals surface area contributed by atoms with Crippen molar-refractivity contribution in [1.82, 2.24) is 0 Å². The summed E-state index contributed by atoms with van der Waals surface area (Å²) in [5.41, 5.74) is 0. The molecule has 0 saturated heterocycles. The lowest BCUT2D eigenvalue weighted by atomic mass is 10.0. The van der Waals surface area contributed by atoms with Gasteiger partial charge >= 0.3 is 5.97 Å². The molecule has 0 fully saturated rings. The van der Waals surface area contributed by atoms with Crippen molar-refractivity contribution in [1.29, 1.82) is 0 Å². The molecule has 0 aliphatic rings. The zero-order valence-corrected chi connectivity index (χ0v) is 9.26. The zero-order valence-electron chi connectivity index (χ0n) is 8.45. The van der Waals surface area contributed by atoms with Crippen molar-refractivity contribution >= 4 is 17.7 Å². The number of esters is 1. The van der Waals surface area contributed by atoms with Crippen LogP contribution >= 0.6 is 11.8 Å². The van der Waals surface area contributed by atoms with E-state index in [1.54, 1.807) is 18.7 Å². The maximum atomic E-state index is 11.0. The van der Waals surface area contributed by atoms with Gasteiger partial charge in [0.1, 0.15) is 0 Å². The van der Waals surface area contributed by atoms with Crippen molar-refractivity contribution in [3.63, 3.8) is 0 Å². The molecule has 0 aromatic carbocycles. The van der Waals surface area contributed by atoms with Crippen LogP contribution in [0.2, 0.25) is 0 Å². The third-order valence-electron chi connectivity index (χ3n) is 2.00. The van der Waals surface area contributed by atoms with E-state index in [0.717, 1.165) is 12.2 Å². The number of ether oxygens (including phenoxy) is 1. The van der Waals surface area contributed by atoms with Gasteiger partial charge in [0.25, 0.3) is 0 Å². The fraction of sp³-hybridized carbons (Fsp3) is 0.889. The van der Waals surface area contributed by atoms with Crippen LogP contribution in [0.1, 0.15) is 19.8 Å². The Hall–Kier alpha value is -0.220. The topological polar surface area (TPSA) is 46.5 Å². The van der Waals surface area contributed by atoms with Gasteiger partial charge < -0.3 is 9.84 Å². The Morgan fingerprint density at radius 1 is 1.62 bits per heavy atom. The first-order chi connectivity index (χ1) is 6.13. The minimum atomic E-state index is -0.570. The van der Waals surface area contributed by atoms with Crippen molar-refractivity contribution in [2.45, 2.75) is 25.9 Å². The molecule has 4 heteroatoms. The minimum absolute atomic E-state index is 0.336. The van der Waals surface area contributed by atoms with E-state index in [4.69, 9.17) is 0 Å². The summed E-state index contributed by atoms with van der Waals surface area (Å²) in [4.78, 5) is 11.0. The van der Waals surface area contributed by atoms with Gasteiger partial charge in [-0.3, -0.25) is 4.79 Å². The molecule has 1 N–H and O–H groups in total. The van der Waals surface area contributed by atoms with Gasteiger partial charge in [-0.05, 0) is 31.8 Å². The van der Waals surface area contributed by atoms with E-state index < -0.39 is 12.0 Å². The molecule has 0 aliphatic heterocycles. The highest BCUT2D eigenvalue weighted by Crippen LogP contribution is 2.12. The number of hydrogen-bond donors (Lipinski definition) is 1. The average Bonchev–Trinajstić information content (AvgIpc) is 2.15. The summed E-state index contributed by atoms with van der Waals surface area (Å²) in [5.74, 6) is 0.272. The van der Waals surface area contributed by atoms with E-state index in [-0.39, 0.29) is 5.97 Å². The van der Waals surface area contributed by atoms with Gasteiger partial charge in [-0.2, -0.15) is 11.8 Å². The van der Waals surface area contributed by atoms with E-state index in [1.807, 2.05) is 6.26 Å². The Bertz CT molecular complexity index is 150. The second kappa shape index (κ2) is 7.21. The first-order valence-electron chi connectivity index (χ1n) is 4.38. The fourth-order valence-corrected chi connectivity index (χ4v) is 1.49. The summed E-state index contributed by atoms with van der Waals surface area (Å²) in [6, 6.07) is 0. The second-order valence-corrected chi connectivity index (χ2v) is 4.00. The van der Waals surface area contributed by atoms with E-state index in [1.165, 1.54) is 7.11 Å². The zero-order chi connectivity index (χ0) is 10.3. The summed E-state index contributed by atoms with van der Waals surface area (Å²) < 4.78 is 4.54. The summed E-state index contributed by atoms with van der Waals surface area (Å²) in [7, 11) is 1.34. The van der Waals surface area contributed by atoms with E-state index in [9.17, 15) is 9.90 Å². The number of carbonyl (C=O) groups excluding carboxylic acids is 1. The van der Waals surface area contributed by atoms with Crippen molar-refractivity contribution in [2.75, 3.05) is 19.1 Å². The van der Waals surface area contributed by atoms with Gasteiger partial charge in [-0.15, -0.1) is 0 Å². The highest BCUT2D eigenvalue weighted by Gasteiger charge is 2.21.